The van der Waals surface area contributed by atoms with Gasteiger partial charge in [0.25, 0.3) is 0 Å². The molecular weight excluding hydrogens is 271 g/mol. The molecule has 0 aliphatic carbocycles. The van der Waals surface area contributed by atoms with E-state index in [1.807, 2.05) is 13.8 Å². The Morgan fingerprint density at radius 3 is 1.94 bits per heavy atom. The van der Waals surface area contributed by atoms with E-state index in [2.05, 4.69) is 25.9 Å². The topological polar surface area (TPSA) is 35.5 Å². The highest BCUT2D eigenvalue weighted by molar-refractivity contribution is 7.98. The van der Waals surface area contributed by atoms with Crippen LogP contribution in [0.15, 0.2) is 0 Å². The molecule has 3 nitrogen and oxygen atoms in total. The summed E-state index contributed by atoms with van der Waals surface area (Å²) in [5.74, 6) is 1.01. The van der Waals surface area contributed by atoms with E-state index in [-0.39, 0.29) is 5.28 Å². The molecule has 0 amide bonds. The second kappa shape index (κ2) is 8.00. The van der Waals surface area contributed by atoms with Crippen LogP contribution in [0.4, 0.5) is 0 Å². The zero-order chi connectivity index (χ0) is 13.5. The fraction of sp³-hybridized carbons (Fsp3) is 1.00. The molecule has 6 heteroatoms. The Hall–Kier alpha value is 0.717. The van der Waals surface area contributed by atoms with Crippen LogP contribution in [0.3, 0.4) is 0 Å². The molecule has 0 radical (unpaired) electrons. The average molecular weight is 298 g/mol. The lowest BCUT2D eigenvalue weighted by atomic mass is 10.6. The maximum atomic E-state index is 12.8. The van der Waals surface area contributed by atoms with Crippen LogP contribution in [0.5, 0.6) is 0 Å². The third-order valence-corrected chi connectivity index (χ3v) is 11.1. The molecule has 0 spiro atoms. The van der Waals surface area contributed by atoms with Gasteiger partial charge in [-0.2, -0.15) is 11.8 Å². The van der Waals surface area contributed by atoms with Gasteiger partial charge in [-0.3, -0.25) is 4.57 Å². The Bertz CT molecular complexity index is 246. The fourth-order valence-electron chi connectivity index (χ4n) is 1.87. The Morgan fingerprint density at radius 1 is 1.18 bits per heavy atom. The molecule has 0 bridgehead atoms. The van der Waals surface area contributed by atoms with Crippen molar-refractivity contribution in [1.29, 1.82) is 0 Å². The summed E-state index contributed by atoms with van der Waals surface area (Å²) in [5.41, 5.74) is 0. The second-order valence-corrected chi connectivity index (χ2v) is 14.2. The van der Waals surface area contributed by atoms with Crippen LogP contribution >= 0.6 is 19.4 Å². The van der Waals surface area contributed by atoms with Crippen molar-refractivity contribution in [2.45, 2.75) is 45.2 Å². The summed E-state index contributed by atoms with van der Waals surface area (Å²) in [5, 5.41) is 0.0994. The lowest BCUT2D eigenvalue weighted by Gasteiger charge is -2.34. The standard InChI is InChI=1S/C11H27O3PSSi/c1-7-13-15(12,14-8-2)11(9-10-16-3)17(4,5)6/h11H,7-10H2,1-6H3. The summed E-state index contributed by atoms with van der Waals surface area (Å²) < 4.78 is 23.9. The van der Waals surface area contributed by atoms with Crippen LogP contribution in [0.25, 0.3) is 0 Å². The second-order valence-electron chi connectivity index (χ2n) is 5.04. The Balaban J connectivity index is 5.00. The SMILES string of the molecule is CCOP(=O)(OCC)C(CCSC)[Si](C)(C)C. The first-order chi connectivity index (χ1) is 7.81. The molecule has 0 saturated heterocycles. The lowest BCUT2D eigenvalue weighted by molar-refractivity contribution is 0.216. The van der Waals surface area contributed by atoms with E-state index in [4.69, 9.17) is 9.05 Å². The molecule has 1 atom stereocenters. The van der Waals surface area contributed by atoms with E-state index in [9.17, 15) is 4.57 Å². The van der Waals surface area contributed by atoms with Crippen LogP contribution in [0, 0.1) is 0 Å². The van der Waals surface area contributed by atoms with Gasteiger partial charge in [0.2, 0.25) is 0 Å². The molecule has 0 aliphatic heterocycles. The highest BCUT2D eigenvalue weighted by Gasteiger charge is 2.43. The van der Waals surface area contributed by atoms with E-state index in [0.717, 1.165) is 12.2 Å². The summed E-state index contributed by atoms with van der Waals surface area (Å²) in [6, 6.07) is 0. The molecule has 0 N–H and O–H groups in total. The highest BCUT2D eigenvalue weighted by atomic mass is 32.2. The third-order valence-electron chi connectivity index (χ3n) is 2.59. The van der Waals surface area contributed by atoms with Gasteiger partial charge in [-0.1, -0.05) is 19.6 Å². The molecule has 0 aromatic heterocycles. The van der Waals surface area contributed by atoms with Gasteiger partial charge < -0.3 is 9.05 Å². The number of rotatable bonds is 9. The van der Waals surface area contributed by atoms with Crippen molar-refractivity contribution in [3.63, 3.8) is 0 Å². The van der Waals surface area contributed by atoms with E-state index < -0.39 is 15.7 Å². The predicted molar refractivity (Wildman–Crippen MR) is 81.0 cm³/mol. The molecule has 1 unspecified atom stereocenters. The van der Waals surface area contributed by atoms with Gasteiger partial charge in [0.15, 0.2) is 0 Å². The van der Waals surface area contributed by atoms with E-state index >= 15 is 0 Å². The molecular formula is C11H27O3PSSi. The predicted octanol–water partition coefficient (Wildman–Crippen LogP) is 4.25. The van der Waals surface area contributed by atoms with Crippen LogP contribution < -0.4 is 0 Å². The van der Waals surface area contributed by atoms with Gasteiger partial charge in [-0.15, -0.1) is 0 Å². The summed E-state index contributed by atoms with van der Waals surface area (Å²) in [7, 11) is -4.49. The summed E-state index contributed by atoms with van der Waals surface area (Å²) in [4.78, 5) is 0. The quantitative estimate of drug-likeness (QED) is 0.471. The van der Waals surface area contributed by atoms with Crippen molar-refractivity contribution in [2.24, 2.45) is 0 Å². The Kier molecular flexibility index (Phi) is 8.34. The molecule has 0 aromatic carbocycles. The van der Waals surface area contributed by atoms with Crippen molar-refractivity contribution < 1.29 is 13.6 Å². The lowest BCUT2D eigenvalue weighted by Crippen LogP contribution is -2.39. The van der Waals surface area contributed by atoms with Gasteiger partial charge in [0.05, 0.1) is 26.6 Å². The van der Waals surface area contributed by atoms with Crippen molar-refractivity contribution in [3.05, 3.63) is 0 Å². The largest absolute Gasteiger partial charge is 0.331 e. The zero-order valence-corrected chi connectivity index (χ0v) is 14.7. The Morgan fingerprint density at radius 2 is 1.65 bits per heavy atom. The van der Waals surface area contributed by atoms with E-state index in [1.165, 1.54) is 0 Å². The van der Waals surface area contributed by atoms with Gasteiger partial charge in [-0.05, 0) is 32.3 Å². The minimum absolute atomic E-state index is 0.0994. The molecule has 0 saturated carbocycles. The van der Waals surface area contributed by atoms with Crippen molar-refractivity contribution >= 4 is 27.4 Å². The maximum absolute atomic E-state index is 12.8. The van der Waals surface area contributed by atoms with Gasteiger partial charge in [-0.25, -0.2) is 0 Å². The number of hydrogen-bond donors (Lipinski definition) is 0. The van der Waals surface area contributed by atoms with Crippen molar-refractivity contribution in [1.82, 2.24) is 0 Å². The summed E-state index contributed by atoms with van der Waals surface area (Å²) >= 11 is 1.79. The first-order valence-electron chi connectivity index (χ1n) is 6.19. The number of hydrogen-bond acceptors (Lipinski definition) is 4. The van der Waals surface area contributed by atoms with Gasteiger partial charge in [0, 0.05) is 0 Å². The maximum Gasteiger partial charge on any atom is 0.331 e. The van der Waals surface area contributed by atoms with Crippen LogP contribution in [-0.2, 0) is 13.6 Å². The highest BCUT2D eigenvalue weighted by Crippen LogP contribution is 2.57. The molecule has 0 fully saturated rings. The van der Waals surface area contributed by atoms with E-state index in [1.54, 1.807) is 11.8 Å². The van der Waals surface area contributed by atoms with E-state index in [0.29, 0.717) is 13.2 Å². The normalized spacial score (nSPS) is 14.9. The zero-order valence-electron chi connectivity index (χ0n) is 12.0. The average Bonchev–Trinajstić information content (AvgIpc) is 2.16. The monoisotopic (exact) mass is 298 g/mol. The minimum Gasteiger partial charge on any atom is -0.309 e. The first kappa shape index (κ1) is 17.7. The number of thioether (sulfide) groups is 1. The van der Waals surface area contributed by atoms with Crippen LogP contribution in [0.2, 0.25) is 19.6 Å². The van der Waals surface area contributed by atoms with Gasteiger partial charge >= 0.3 is 7.60 Å². The smallest absolute Gasteiger partial charge is 0.309 e. The summed E-state index contributed by atoms with van der Waals surface area (Å²) in [6.45, 7) is 11.4. The minimum atomic E-state index is -2.93. The first-order valence-corrected chi connectivity index (χ1v) is 12.8. The molecule has 0 aliphatic rings. The molecule has 104 valence electrons. The molecule has 17 heavy (non-hydrogen) atoms. The van der Waals surface area contributed by atoms with Crippen LogP contribution in [-0.4, -0.2) is 38.6 Å². The fourth-order valence-corrected chi connectivity index (χ4v) is 9.58. The molecule has 0 rings (SSSR count). The van der Waals surface area contributed by atoms with Gasteiger partial charge in [0.1, 0.15) is 0 Å². The van der Waals surface area contributed by atoms with Crippen molar-refractivity contribution in [2.75, 3.05) is 25.2 Å². The molecule has 0 aromatic rings. The van der Waals surface area contributed by atoms with Crippen LogP contribution in [0.1, 0.15) is 20.3 Å². The third kappa shape index (κ3) is 5.93. The molecule has 0 heterocycles. The van der Waals surface area contributed by atoms with Crippen molar-refractivity contribution in [3.8, 4) is 0 Å². The Labute approximate surface area is 112 Å². The summed E-state index contributed by atoms with van der Waals surface area (Å²) in [6.07, 6.45) is 3.00.